The Hall–Kier alpha value is -2.07. The molecule has 0 aliphatic carbocycles. The van der Waals surface area contributed by atoms with Gasteiger partial charge in [0, 0.05) is 18.5 Å². The molecule has 116 valence electrons. The van der Waals surface area contributed by atoms with Gasteiger partial charge in [0.15, 0.2) is 11.5 Å². The molecule has 0 aliphatic rings. The molecule has 2 aromatic rings. The van der Waals surface area contributed by atoms with Crippen molar-refractivity contribution in [2.45, 2.75) is 18.5 Å². The number of nitrogens with zero attached hydrogens (tertiary/aromatic N) is 3. The van der Waals surface area contributed by atoms with Crippen molar-refractivity contribution in [1.29, 1.82) is 0 Å². The van der Waals surface area contributed by atoms with Gasteiger partial charge in [0.05, 0.1) is 6.54 Å². The number of anilines is 1. The Kier molecular flexibility index (Phi) is 3.68. The van der Waals surface area contributed by atoms with Crippen molar-refractivity contribution in [1.82, 2.24) is 14.6 Å². The van der Waals surface area contributed by atoms with Gasteiger partial charge in [0.1, 0.15) is 5.52 Å². The van der Waals surface area contributed by atoms with Gasteiger partial charge < -0.3 is 5.32 Å². The molecule has 1 N–H and O–H groups in total. The first kappa shape index (κ1) is 15.3. The minimum absolute atomic E-state index is 0.255. The molecule has 0 aromatic carbocycles. The van der Waals surface area contributed by atoms with Crippen LogP contribution in [-0.4, -0.2) is 33.5 Å². The number of hydrogen-bond donors (Lipinski definition) is 1. The number of fused-ring (bicyclic) bond motifs is 1. The van der Waals surface area contributed by atoms with Crippen molar-refractivity contribution in [3.8, 4) is 0 Å². The summed E-state index contributed by atoms with van der Waals surface area (Å²) in [5.74, 6) is -4.73. The van der Waals surface area contributed by atoms with Gasteiger partial charge in [-0.25, -0.2) is 18.3 Å². The zero-order valence-corrected chi connectivity index (χ0v) is 10.0. The van der Waals surface area contributed by atoms with E-state index in [2.05, 4.69) is 10.1 Å². The molecular weight excluding hydrogens is 309 g/mol. The molecule has 0 bridgehead atoms. The predicted octanol–water partition coefficient (Wildman–Crippen LogP) is 3.06. The van der Waals surface area contributed by atoms with Crippen LogP contribution in [0.5, 0.6) is 0 Å². The first-order chi connectivity index (χ1) is 9.61. The van der Waals surface area contributed by atoms with Gasteiger partial charge in [-0.2, -0.15) is 27.1 Å². The van der Waals surface area contributed by atoms with Crippen molar-refractivity contribution in [3.05, 3.63) is 24.2 Å². The van der Waals surface area contributed by atoms with Crippen molar-refractivity contribution in [3.63, 3.8) is 0 Å². The third kappa shape index (κ3) is 3.16. The van der Waals surface area contributed by atoms with Gasteiger partial charge in [-0.1, -0.05) is 0 Å². The lowest BCUT2D eigenvalue weighted by Crippen LogP contribution is -2.35. The van der Waals surface area contributed by atoms with Crippen molar-refractivity contribution < 1.29 is 30.7 Å². The van der Waals surface area contributed by atoms with E-state index in [1.807, 2.05) is 5.32 Å². The summed E-state index contributed by atoms with van der Waals surface area (Å²) in [5, 5.41) is 5.10. The molecule has 2 aromatic heterocycles. The highest BCUT2D eigenvalue weighted by Gasteiger charge is 2.40. The molecular formula is C10H7F7N4. The fraction of sp³-hybridized carbons (Fsp3) is 0.400. The summed E-state index contributed by atoms with van der Waals surface area (Å²) in [6.07, 6.45) is -6.55. The van der Waals surface area contributed by atoms with Gasteiger partial charge >= 0.3 is 18.5 Å². The van der Waals surface area contributed by atoms with Crippen LogP contribution in [0.3, 0.4) is 0 Å². The Labute approximate surface area is 112 Å². The molecule has 0 radical (unpaired) electrons. The molecule has 0 atom stereocenters. The Morgan fingerprint density at radius 3 is 2.43 bits per heavy atom. The van der Waals surface area contributed by atoms with Gasteiger partial charge in [0.25, 0.3) is 0 Å². The van der Waals surface area contributed by atoms with Crippen LogP contribution in [0.4, 0.5) is 36.6 Å². The van der Waals surface area contributed by atoms with Crippen LogP contribution in [-0.2, 0) is 6.18 Å². The number of alkyl halides is 7. The zero-order chi connectivity index (χ0) is 15.8. The molecule has 21 heavy (non-hydrogen) atoms. The number of aromatic nitrogens is 3. The van der Waals surface area contributed by atoms with E-state index in [4.69, 9.17) is 0 Å². The lowest BCUT2D eigenvalue weighted by atomic mass is 10.3. The smallest absolute Gasteiger partial charge is 0.362 e. The van der Waals surface area contributed by atoms with E-state index >= 15 is 0 Å². The molecule has 11 heteroatoms. The third-order valence-electron chi connectivity index (χ3n) is 2.49. The highest BCUT2D eigenvalue weighted by atomic mass is 19.4. The van der Waals surface area contributed by atoms with E-state index in [1.54, 1.807) is 0 Å². The molecule has 0 saturated heterocycles. The third-order valence-corrected chi connectivity index (χ3v) is 2.49. The lowest BCUT2D eigenvalue weighted by molar-refractivity contribution is -0.141. The minimum atomic E-state index is -4.73. The van der Waals surface area contributed by atoms with Crippen molar-refractivity contribution in [2.24, 2.45) is 0 Å². The largest absolute Gasteiger partial charge is 0.435 e. The maximum Gasteiger partial charge on any atom is 0.435 e. The second-order valence-electron chi connectivity index (χ2n) is 4.05. The minimum Gasteiger partial charge on any atom is -0.362 e. The second-order valence-corrected chi connectivity index (χ2v) is 4.05. The van der Waals surface area contributed by atoms with Gasteiger partial charge in [-0.3, -0.25) is 0 Å². The quantitative estimate of drug-likeness (QED) is 0.882. The fourth-order valence-corrected chi connectivity index (χ4v) is 1.48. The Morgan fingerprint density at radius 1 is 1.19 bits per heavy atom. The maximum atomic E-state index is 12.8. The summed E-state index contributed by atoms with van der Waals surface area (Å²) in [6, 6.07) is 0.579. The number of halogens is 7. The number of rotatable bonds is 4. The average Bonchev–Trinajstić information content (AvgIpc) is 2.80. The topological polar surface area (TPSA) is 42.2 Å². The Morgan fingerprint density at radius 2 is 1.86 bits per heavy atom. The van der Waals surface area contributed by atoms with E-state index in [-0.39, 0.29) is 5.52 Å². The summed E-state index contributed by atoms with van der Waals surface area (Å²) < 4.78 is 87.9. The predicted molar refractivity (Wildman–Crippen MR) is 57.4 cm³/mol. The van der Waals surface area contributed by atoms with E-state index in [9.17, 15) is 30.7 Å². The number of nitrogens with one attached hydrogen (secondary N) is 1. The summed E-state index contributed by atoms with van der Waals surface area (Å²) in [6.45, 7) is -1.47. The van der Waals surface area contributed by atoms with Gasteiger partial charge in [-0.05, 0) is 0 Å². The van der Waals surface area contributed by atoms with Crippen molar-refractivity contribution in [2.75, 3.05) is 11.9 Å². The van der Waals surface area contributed by atoms with Gasteiger partial charge in [-0.15, -0.1) is 0 Å². The van der Waals surface area contributed by atoms with Crippen LogP contribution < -0.4 is 5.32 Å². The molecule has 0 aliphatic heterocycles. The van der Waals surface area contributed by atoms with Crippen LogP contribution in [0.1, 0.15) is 5.69 Å². The fourth-order valence-electron chi connectivity index (χ4n) is 1.48. The molecule has 0 unspecified atom stereocenters. The summed E-state index contributed by atoms with van der Waals surface area (Å²) in [4.78, 5) is 3.55. The van der Waals surface area contributed by atoms with Crippen LogP contribution >= 0.6 is 0 Å². The highest BCUT2D eigenvalue weighted by molar-refractivity contribution is 5.68. The summed E-state index contributed by atoms with van der Waals surface area (Å²) >= 11 is 0. The second kappa shape index (κ2) is 5.04. The van der Waals surface area contributed by atoms with E-state index in [0.29, 0.717) is 6.07 Å². The monoisotopic (exact) mass is 316 g/mol. The van der Waals surface area contributed by atoms with Crippen LogP contribution in [0.2, 0.25) is 0 Å². The zero-order valence-electron chi connectivity index (χ0n) is 10.0. The molecule has 4 nitrogen and oxygen atoms in total. The molecule has 2 rings (SSSR count). The first-order valence-corrected chi connectivity index (χ1v) is 5.43. The Balaban J connectivity index is 2.31. The SMILES string of the molecule is FC(F)C(F)(F)CNc1nccn2nc(C(F)(F)F)cc12. The van der Waals surface area contributed by atoms with E-state index in [0.717, 1.165) is 16.9 Å². The maximum absolute atomic E-state index is 12.8. The van der Waals surface area contributed by atoms with Gasteiger partial charge in [0.2, 0.25) is 0 Å². The molecule has 0 saturated carbocycles. The molecule has 2 heterocycles. The molecule has 0 fully saturated rings. The van der Waals surface area contributed by atoms with Crippen LogP contribution in [0.25, 0.3) is 5.52 Å². The highest BCUT2D eigenvalue weighted by Crippen LogP contribution is 2.30. The molecule has 0 spiro atoms. The lowest BCUT2D eigenvalue weighted by Gasteiger charge is -2.16. The number of hydrogen-bond acceptors (Lipinski definition) is 3. The van der Waals surface area contributed by atoms with Crippen LogP contribution in [0, 0.1) is 0 Å². The van der Waals surface area contributed by atoms with E-state index in [1.165, 1.54) is 0 Å². The Bertz CT molecular complexity index is 634. The standard InChI is InChI=1S/C10H7F7N4/c11-8(12)9(13,14)4-19-7-5-3-6(10(15,16)17)20-21(5)2-1-18-7/h1-3,8H,4H2,(H,18,19). The molecule has 0 amide bonds. The van der Waals surface area contributed by atoms with Crippen LogP contribution in [0.15, 0.2) is 18.5 Å². The van der Waals surface area contributed by atoms with Crippen molar-refractivity contribution >= 4 is 11.3 Å². The average molecular weight is 316 g/mol. The normalized spacial score (nSPS) is 13.1. The first-order valence-electron chi connectivity index (χ1n) is 5.43. The van der Waals surface area contributed by atoms with E-state index < -0.39 is 36.6 Å². The summed E-state index contributed by atoms with van der Waals surface area (Å²) in [5.41, 5.74) is -1.51. The summed E-state index contributed by atoms with van der Waals surface area (Å²) in [7, 11) is 0.